The zero-order chi connectivity index (χ0) is 13.3. The van der Waals surface area contributed by atoms with Gasteiger partial charge in [-0.05, 0) is 44.7 Å². The van der Waals surface area contributed by atoms with Gasteiger partial charge in [0.15, 0.2) is 0 Å². The van der Waals surface area contributed by atoms with Gasteiger partial charge in [0.25, 0.3) is 0 Å². The fourth-order valence-electron chi connectivity index (χ4n) is 2.81. The van der Waals surface area contributed by atoms with Crippen molar-refractivity contribution in [2.75, 3.05) is 11.4 Å². The van der Waals surface area contributed by atoms with E-state index >= 15 is 0 Å². The first-order valence-corrected chi connectivity index (χ1v) is 6.73. The molecule has 1 saturated heterocycles. The van der Waals surface area contributed by atoms with Crippen LogP contribution in [0.25, 0.3) is 0 Å². The summed E-state index contributed by atoms with van der Waals surface area (Å²) in [5.41, 5.74) is 1.28. The van der Waals surface area contributed by atoms with Crippen molar-refractivity contribution in [1.82, 2.24) is 0 Å². The van der Waals surface area contributed by atoms with Crippen molar-refractivity contribution in [2.45, 2.75) is 45.8 Å². The summed E-state index contributed by atoms with van der Waals surface area (Å²) >= 11 is 0. The van der Waals surface area contributed by atoms with Gasteiger partial charge >= 0.3 is 0 Å². The fourth-order valence-corrected chi connectivity index (χ4v) is 2.81. The third kappa shape index (κ3) is 2.51. The molecule has 0 spiro atoms. The van der Waals surface area contributed by atoms with E-state index in [0.717, 1.165) is 18.7 Å². The van der Waals surface area contributed by atoms with Gasteiger partial charge in [0.2, 0.25) is 0 Å². The monoisotopic (exact) mass is 251 g/mol. The summed E-state index contributed by atoms with van der Waals surface area (Å²) < 4.78 is 13.9. The van der Waals surface area contributed by atoms with E-state index in [9.17, 15) is 9.50 Å². The molecular weight excluding hydrogens is 229 g/mol. The number of aliphatic hydroxyl groups is 1. The van der Waals surface area contributed by atoms with Gasteiger partial charge < -0.3 is 10.0 Å². The number of benzene rings is 1. The maximum atomic E-state index is 13.9. The minimum absolute atomic E-state index is 0.312. The molecule has 2 unspecified atom stereocenters. The number of halogens is 1. The average molecular weight is 251 g/mol. The van der Waals surface area contributed by atoms with Crippen LogP contribution in [0.2, 0.25) is 0 Å². The second-order valence-electron chi connectivity index (χ2n) is 5.53. The summed E-state index contributed by atoms with van der Waals surface area (Å²) in [6.07, 6.45) is 1.57. The summed E-state index contributed by atoms with van der Waals surface area (Å²) in [6, 6.07) is 5.46. The Hall–Kier alpha value is -1.09. The van der Waals surface area contributed by atoms with E-state index < -0.39 is 6.10 Å². The van der Waals surface area contributed by atoms with Crippen LogP contribution in [0.3, 0.4) is 0 Å². The van der Waals surface area contributed by atoms with E-state index in [1.807, 2.05) is 6.07 Å². The topological polar surface area (TPSA) is 23.5 Å². The molecular formula is C15H22FNO. The molecule has 1 aromatic rings. The molecule has 0 aromatic heterocycles. The van der Waals surface area contributed by atoms with Crippen molar-refractivity contribution in [3.8, 4) is 0 Å². The molecule has 0 amide bonds. The molecule has 2 nitrogen and oxygen atoms in total. The lowest BCUT2D eigenvalue weighted by Crippen LogP contribution is -2.41. The van der Waals surface area contributed by atoms with Crippen LogP contribution in [-0.4, -0.2) is 17.7 Å². The number of aliphatic hydroxyl groups excluding tert-OH is 1. The zero-order valence-electron chi connectivity index (χ0n) is 11.4. The van der Waals surface area contributed by atoms with Gasteiger partial charge in [0, 0.05) is 23.8 Å². The molecule has 0 radical (unpaired) electrons. The van der Waals surface area contributed by atoms with Gasteiger partial charge in [0.05, 0.1) is 6.10 Å². The van der Waals surface area contributed by atoms with Gasteiger partial charge in [-0.3, -0.25) is 0 Å². The van der Waals surface area contributed by atoms with Crippen LogP contribution in [0, 0.1) is 11.7 Å². The Morgan fingerprint density at radius 2 is 2.06 bits per heavy atom. The fraction of sp³-hybridized carbons (Fsp3) is 0.600. The van der Waals surface area contributed by atoms with Gasteiger partial charge in [-0.15, -0.1) is 0 Å². The van der Waals surface area contributed by atoms with Crippen LogP contribution >= 0.6 is 0 Å². The quantitative estimate of drug-likeness (QED) is 0.869. The highest BCUT2D eigenvalue weighted by Gasteiger charge is 2.26. The zero-order valence-corrected chi connectivity index (χ0v) is 11.4. The molecule has 0 bridgehead atoms. The van der Waals surface area contributed by atoms with Crippen molar-refractivity contribution in [3.05, 3.63) is 29.6 Å². The van der Waals surface area contributed by atoms with Gasteiger partial charge in [-0.1, -0.05) is 13.0 Å². The lowest BCUT2D eigenvalue weighted by atomic mass is 9.93. The number of nitrogens with zero attached hydrogens (tertiary/aromatic N) is 1. The van der Waals surface area contributed by atoms with E-state index in [4.69, 9.17) is 0 Å². The van der Waals surface area contributed by atoms with Crippen molar-refractivity contribution >= 4 is 5.69 Å². The van der Waals surface area contributed by atoms with Gasteiger partial charge in [0.1, 0.15) is 5.82 Å². The van der Waals surface area contributed by atoms with Crippen molar-refractivity contribution in [2.24, 2.45) is 5.92 Å². The SMILES string of the molecule is CC1CCC(C)N(c2cccc(F)c2[C@H](C)O)C1. The van der Waals surface area contributed by atoms with E-state index in [1.165, 1.54) is 12.5 Å². The smallest absolute Gasteiger partial charge is 0.131 e. The van der Waals surface area contributed by atoms with Crippen molar-refractivity contribution < 1.29 is 9.50 Å². The minimum atomic E-state index is -0.773. The average Bonchev–Trinajstić information content (AvgIpc) is 2.31. The van der Waals surface area contributed by atoms with Crippen LogP contribution < -0.4 is 4.90 Å². The normalized spacial score (nSPS) is 26.2. The largest absolute Gasteiger partial charge is 0.389 e. The molecule has 3 heteroatoms. The number of anilines is 1. The van der Waals surface area contributed by atoms with Crippen LogP contribution in [-0.2, 0) is 0 Å². The molecule has 1 fully saturated rings. The Bertz CT molecular complexity index is 419. The van der Waals surface area contributed by atoms with Crippen LogP contribution in [0.1, 0.15) is 45.3 Å². The highest BCUT2D eigenvalue weighted by molar-refractivity contribution is 5.56. The molecule has 1 aliphatic rings. The van der Waals surface area contributed by atoms with Crippen LogP contribution in [0.15, 0.2) is 18.2 Å². The highest BCUT2D eigenvalue weighted by Crippen LogP contribution is 2.34. The molecule has 1 N–H and O–H groups in total. The summed E-state index contributed by atoms with van der Waals surface area (Å²) in [7, 11) is 0. The first-order valence-electron chi connectivity index (χ1n) is 6.73. The number of rotatable bonds is 2. The predicted octanol–water partition coefficient (Wildman–Crippen LogP) is 3.50. The van der Waals surface area contributed by atoms with Gasteiger partial charge in [-0.2, -0.15) is 0 Å². The highest BCUT2D eigenvalue weighted by atomic mass is 19.1. The molecule has 100 valence electrons. The number of hydrogen-bond acceptors (Lipinski definition) is 2. The third-order valence-corrected chi connectivity index (χ3v) is 3.87. The standard InChI is InChI=1S/C15H22FNO/c1-10-7-8-11(2)17(9-10)14-6-4-5-13(16)15(14)12(3)18/h4-6,10-12,18H,7-9H2,1-3H3/t10?,11?,12-/m0/s1. The molecule has 0 aliphatic carbocycles. The Balaban J connectivity index is 2.40. The number of hydrogen-bond donors (Lipinski definition) is 1. The first kappa shape index (κ1) is 13.3. The van der Waals surface area contributed by atoms with E-state index in [-0.39, 0.29) is 5.82 Å². The Morgan fingerprint density at radius 1 is 1.33 bits per heavy atom. The maximum absolute atomic E-state index is 13.9. The van der Waals surface area contributed by atoms with Crippen molar-refractivity contribution in [3.63, 3.8) is 0 Å². The Morgan fingerprint density at radius 3 is 2.72 bits per heavy atom. The molecule has 1 aromatic carbocycles. The lowest BCUT2D eigenvalue weighted by Gasteiger charge is -2.40. The second kappa shape index (κ2) is 5.27. The summed E-state index contributed by atoms with van der Waals surface area (Å²) in [6.45, 7) is 6.95. The second-order valence-corrected chi connectivity index (χ2v) is 5.53. The maximum Gasteiger partial charge on any atom is 0.131 e. The molecule has 18 heavy (non-hydrogen) atoms. The van der Waals surface area contributed by atoms with Crippen molar-refractivity contribution in [1.29, 1.82) is 0 Å². The van der Waals surface area contributed by atoms with E-state index in [2.05, 4.69) is 18.7 Å². The summed E-state index contributed by atoms with van der Waals surface area (Å²) in [5.74, 6) is 0.305. The minimum Gasteiger partial charge on any atom is -0.389 e. The van der Waals surface area contributed by atoms with E-state index in [0.29, 0.717) is 17.5 Å². The van der Waals surface area contributed by atoms with Gasteiger partial charge in [-0.25, -0.2) is 4.39 Å². The van der Waals surface area contributed by atoms with Crippen LogP contribution in [0.5, 0.6) is 0 Å². The third-order valence-electron chi connectivity index (χ3n) is 3.87. The van der Waals surface area contributed by atoms with Crippen LogP contribution in [0.4, 0.5) is 10.1 Å². The molecule has 2 rings (SSSR count). The predicted molar refractivity (Wildman–Crippen MR) is 72.2 cm³/mol. The lowest BCUT2D eigenvalue weighted by molar-refractivity contribution is 0.194. The molecule has 1 aliphatic heterocycles. The summed E-state index contributed by atoms with van der Waals surface area (Å²) in [4.78, 5) is 2.24. The molecule has 1 heterocycles. The summed E-state index contributed by atoms with van der Waals surface area (Å²) in [5, 5.41) is 9.80. The first-order chi connectivity index (χ1) is 8.50. The van der Waals surface area contributed by atoms with E-state index in [1.54, 1.807) is 13.0 Å². The molecule has 0 saturated carbocycles. The Kier molecular flexibility index (Phi) is 3.91. The number of piperidine rings is 1. The molecule has 3 atom stereocenters. The Labute approximate surface area is 108 Å².